The van der Waals surface area contributed by atoms with Crippen LogP contribution in [0.3, 0.4) is 0 Å². The molecule has 0 radical (unpaired) electrons. The average Bonchev–Trinajstić information content (AvgIpc) is 3.17. The van der Waals surface area contributed by atoms with Gasteiger partial charge in [0, 0.05) is 32.4 Å². The Morgan fingerprint density at radius 2 is 2.00 bits per heavy atom. The second-order valence-electron chi connectivity index (χ2n) is 6.35. The lowest BCUT2D eigenvalue weighted by Crippen LogP contribution is -2.41. The van der Waals surface area contributed by atoms with E-state index < -0.39 is 10.0 Å². The first-order chi connectivity index (χ1) is 11.1. The molecule has 2 aliphatic rings. The van der Waals surface area contributed by atoms with Crippen molar-refractivity contribution in [1.82, 2.24) is 19.4 Å². The number of hydrogen-bond donors (Lipinski definition) is 1. The Hall–Kier alpha value is -0.960. The van der Waals surface area contributed by atoms with Crippen molar-refractivity contribution < 1.29 is 13.2 Å². The summed E-state index contributed by atoms with van der Waals surface area (Å²) in [6, 6.07) is 0.353. The van der Waals surface area contributed by atoms with Crippen LogP contribution in [-0.2, 0) is 14.8 Å². The van der Waals surface area contributed by atoms with Crippen molar-refractivity contribution in [2.24, 2.45) is 0 Å². The van der Waals surface area contributed by atoms with Gasteiger partial charge in [-0.2, -0.15) is 5.10 Å². The van der Waals surface area contributed by atoms with Crippen LogP contribution in [0.25, 0.3) is 0 Å². The van der Waals surface area contributed by atoms with Gasteiger partial charge >= 0.3 is 0 Å². The molecule has 0 bridgehead atoms. The molecule has 0 unspecified atom stereocenters. The van der Waals surface area contributed by atoms with Gasteiger partial charge in [0.05, 0.1) is 24.9 Å². The lowest BCUT2D eigenvalue weighted by molar-refractivity contribution is 0.0390. The fraction of sp³-hybridized carbons (Fsp3) is 0.800. The first-order valence-corrected chi connectivity index (χ1v) is 9.90. The lowest BCUT2D eigenvalue weighted by Gasteiger charge is -2.26. The maximum atomic E-state index is 12.5. The number of ether oxygens (including phenoxy) is 1. The van der Waals surface area contributed by atoms with Gasteiger partial charge in [-0.3, -0.25) is 9.58 Å². The van der Waals surface area contributed by atoms with Crippen LogP contribution < -0.4 is 4.72 Å². The third-order valence-corrected chi connectivity index (χ3v) is 6.25. The minimum Gasteiger partial charge on any atom is -0.379 e. The number of hydrogen-bond acceptors (Lipinski definition) is 5. The van der Waals surface area contributed by atoms with Crippen LogP contribution in [-0.4, -0.2) is 62.5 Å². The van der Waals surface area contributed by atoms with E-state index in [2.05, 4.69) is 14.7 Å². The zero-order chi connectivity index (χ0) is 16.3. The van der Waals surface area contributed by atoms with Crippen LogP contribution in [0.5, 0.6) is 0 Å². The van der Waals surface area contributed by atoms with Crippen LogP contribution in [0, 0.1) is 6.92 Å². The zero-order valence-electron chi connectivity index (χ0n) is 13.7. The Kier molecular flexibility index (Phi) is 5.35. The second-order valence-corrected chi connectivity index (χ2v) is 8.08. The van der Waals surface area contributed by atoms with Crippen molar-refractivity contribution in [2.75, 3.05) is 39.4 Å². The van der Waals surface area contributed by atoms with Crippen LogP contribution in [0.2, 0.25) is 0 Å². The number of morpholine rings is 1. The molecule has 1 saturated carbocycles. The van der Waals surface area contributed by atoms with Crippen molar-refractivity contribution in [2.45, 2.75) is 43.5 Å². The van der Waals surface area contributed by atoms with Crippen LogP contribution >= 0.6 is 0 Å². The Labute approximate surface area is 138 Å². The summed E-state index contributed by atoms with van der Waals surface area (Å²) in [4.78, 5) is 2.52. The molecule has 1 aromatic heterocycles. The van der Waals surface area contributed by atoms with E-state index in [1.165, 1.54) is 12.8 Å². The van der Waals surface area contributed by atoms with Crippen molar-refractivity contribution >= 4 is 10.0 Å². The molecular formula is C15H26N4O3S. The number of rotatable bonds is 6. The SMILES string of the molecule is Cc1nn(C2CCCC2)cc1S(=O)(=O)NCCN1CCOCC1. The molecule has 23 heavy (non-hydrogen) atoms. The van der Waals surface area contributed by atoms with Gasteiger partial charge in [0.2, 0.25) is 10.0 Å². The number of nitrogens with zero attached hydrogens (tertiary/aromatic N) is 3. The summed E-state index contributed by atoms with van der Waals surface area (Å²) in [7, 11) is -3.49. The maximum absolute atomic E-state index is 12.5. The van der Waals surface area contributed by atoms with Crippen LogP contribution in [0.1, 0.15) is 37.4 Å². The molecule has 1 saturated heterocycles. The molecule has 1 aliphatic carbocycles. The van der Waals surface area contributed by atoms with Gasteiger partial charge in [-0.1, -0.05) is 12.8 Å². The first kappa shape index (κ1) is 16.9. The summed E-state index contributed by atoms with van der Waals surface area (Å²) in [5.41, 5.74) is 0.579. The highest BCUT2D eigenvalue weighted by Gasteiger charge is 2.24. The number of aromatic nitrogens is 2. The minimum absolute atomic E-state index is 0.311. The summed E-state index contributed by atoms with van der Waals surface area (Å²) in [6.45, 7) is 6.05. The Balaban J connectivity index is 1.60. The average molecular weight is 342 g/mol. The summed E-state index contributed by atoms with van der Waals surface area (Å²) < 4.78 is 34.9. The monoisotopic (exact) mass is 342 g/mol. The maximum Gasteiger partial charge on any atom is 0.244 e. The van der Waals surface area contributed by atoms with Gasteiger partial charge in [0.15, 0.2) is 0 Å². The molecule has 0 amide bonds. The predicted molar refractivity (Wildman–Crippen MR) is 86.9 cm³/mol. The quantitative estimate of drug-likeness (QED) is 0.832. The van der Waals surface area contributed by atoms with Gasteiger partial charge in [-0.25, -0.2) is 13.1 Å². The number of nitrogens with one attached hydrogen (secondary N) is 1. The summed E-state index contributed by atoms with van der Waals surface area (Å²) in [5, 5.41) is 4.43. The van der Waals surface area contributed by atoms with Gasteiger partial charge < -0.3 is 4.74 Å². The van der Waals surface area contributed by atoms with E-state index in [1.54, 1.807) is 13.1 Å². The van der Waals surface area contributed by atoms with Gasteiger partial charge in [0.25, 0.3) is 0 Å². The molecule has 8 heteroatoms. The van der Waals surface area contributed by atoms with Crippen molar-refractivity contribution in [3.8, 4) is 0 Å². The summed E-state index contributed by atoms with van der Waals surface area (Å²) in [6.07, 6.45) is 6.27. The van der Waals surface area contributed by atoms with E-state index in [-0.39, 0.29) is 0 Å². The van der Waals surface area contributed by atoms with Gasteiger partial charge in [-0.15, -0.1) is 0 Å². The molecular weight excluding hydrogens is 316 g/mol. The van der Waals surface area contributed by atoms with E-state index in [4.69, 9.17) is 4.74 Å². The molecule has 1 aliphatic heterocycles. The fourth-order valence-electron chi connectivity index (χ4n) is 3.33. The molecule has 7 nitrogen and oxygen atoms in total. The second kappa shape index (κ2) is 7.29. The molecule has 2 heterocycles. The van der Waals surface area contributed by atoms with Crippen molar-refractivity contribution in [1.29, 1.82) is 0 Å². The third kappa shape index (κ3) is 4.12. The Bertz CT molecular complexity index is 617. The topological polar surface area (TPSA) is 76.5 Å². The molecule has 1 N–H and O–H groups in total. The molecule has 0 aromatic carbocycles. The standard InChI is InChI=1S/C15H26N4O3S/c1-13-15(12-19(17-13)14-4-2-3-5-14)23(20,21)16-6-7-18-8-10-22-11-9-18/h12,14,16H,2-11H2,1H3. The Morgan fingerprint density at radius 3 is 2.70 bits per heavy atom. The molecule has 3 rings (SSSR count). The highest BCUT2D eigenvalue weighted by Crippen LogP contribution is 2.30. The highest BCUT2D eigenvalue weighted by atomic mass is 32.2. The van der Waals surface area contributed by atoms with E-state index in [9.17, 15) is 8.42 Å². The van der Waals surface area contributed by atoms with Gasteiger partial charge in [-0.05, 0) is 19.8 Å². The molecule has 2 fully saturated rings. The third-order valence-electron chi connectivity index (χ3n) is 4.68. The normalized spacial score (nSPS) is 21.1. The Morgan fingerprint density at radius 1 is 1.30 bits per heavy atom. The molecule has 0 spiro atoms. The smallest absolute Gasteiger partial charge is 0.244 e. The van der Waals surface area contributed by atoms with Crippen molar-refractivity contribution in [3.63, 3.8) is 0 Å². The number of aryl methyl sites for hydroxylation is 1. The van der Waals surface area contributed by atoms with Crippen LogP contribution in [0.4, 0.5) is 0 Å². The molecule has 1 aromatic rings. The predicted octanol–water partition coefficient (Wildman–Crippen LogP) is 0.917. The molecule has 130 valence electrons. The minimum atomic E-state index is -3.49. The zero-order valence-corrected chi connectivity index (χ0v) is 14.5. The van der Waals surface area contributed by atoms with Crippen LogP contribution in [0.15, 0.2) is 11.1 Å². The fourth-order valence-corrected chi connectivity index (χ4v) is 4.52. The van der Waals surface area contributed by atoms with E-state index in [1.807, 2.05) is 4.68 Å². The van der Waals surface area contributed by atoms with E-state index in [0.717, 1.165) is 39.1 Å². The number of sulfonamides is 1. The first-order valence-electron chi connectivity index (χ1n) is 8.42. The lowest BCUT2D eigenvalue weighted by atomic mass is 10.3. The van der Waals surface area contributed by atoms with E-state index in [0.29, 0.717) is 29.7 Å². The van der Waals surface area contributed by atoms with Gasteiger partial charge in [0.1, 0.15) is 4.90 Å². The molecule has 0 atom stereocenters. The van der Waals surface area contributed by atoms with E-state index >= 15 is 0 Å². The summed E-state index contributed by atoms with van der Waals surface area (Å²) in [5.74, 6) is 0. The largest absolute Gasteiger partial charge is 0.379 e. The summed E-state index contributed by atoms with van der Waals surface area (Å²) >= 11 is 0. The highest BCUT2D eigenvalue weighted by molar-refractivity contribution is 7.89. The van der Waals surface area contributed by atoms with Crippen molar-refractivity contribution in [3.05, 3.63) is 11.9 Å².